The fourth-order valence-electron chi connectivity index (χ4n) is 4.05. The molecule has 1 N–H and O–H groups in total. The van der Waals surface area contributed by atoms with Crippen molar-refractivity contribution in [2.75, 3.05) is 31.3 Å². The number of H-pyrrole nitrogens is 1. The van der Waals surface area contributed by atoms with Crippen molar-refractivity contribution in [3.05, 3.63) is 29.6 Å². The van der Waals surface area contributed by atoms with Crippen LogP contribution in [0.5, 0.6) is 0 Å². The highest BCUT2D eigenvalue weighted by Crippen LogP contribution is 2.38. The minimum atomic E-state index is -0.404. The summed E-state index contributed by atoms with van der Waals surface area (Å²) in [4.78, 5) is 7.35. The quantitative estimate of drug-likeness (QED) is 0.747. The minimum Gasteiger partial charge on any atom is -0.377 e. The summed E-state index contributed by atoms with van der Waals surface area (Å²) in [6.45, 7) is 9.30. The molecule has 0 amide bonds. The number of hydrogen-bond acceptors (Lipinski definition) is 6. The molecule has 0 radical (unpaired) electrons. The van der Waals surface area contributed by atoms with Gasteiger partial charge in [-0.1, -0.05) is 0 Å². The molecule has 0 aliphatic carbocycles. The Morgan fingerprint density at radius 2 is 2.19 bits per heavy atom. The van der Waals surface area contributed by atoms with Crippen LogP contribution in [0.2, 0.25) is 0 Å². The fraction of sp³-hybridized carbons (Fsp3) is 0.526. The van der Waals surface area contributed by atoms with Gasteiger partial charge in [0.05, 0.1) is 43.4 Å². The second kappa shape index (κ2) is 6.03. The number of rotatable bonds is 2. The zero-order valence-corrected chi connectivity index (χ0v) is 15.9. The van der Waals surface area contributed by atoms with Crippen LogP contribution >= 0.6 is 0 Å². The lowest BCUT2D eigenvalue weighted by molar-refractivity contribution is -0.0168. The van der Waals surface area contributed by atoms with E-state index in [1.807, 2.05) is 10.7 Å². The van der Waals surface area contributed by atoms with Crippen molar-refractivity contribution in [2.45, 2.75) is 38.8 Å². The number of aromatic nitrogens is 5. The summed E-state index contributed by atoms with van der Waals surface area (Å²) >= 11 is 0. The lowest BCUT2D eigenvalue weighted by Crippen LogP contribution is -2.44. The smallest absolute Gasteiger partial charge is 0.167 e. The van der Waals surface area contributed by atoms with E-state index in [4.69, 9.17) is 19.6 Å². The SMILES string of the molecule is C[C@@H]1COCCN1c1cc2c3c(nn(-c4ccn[nH]4)c3n1)CCOC2(C)C. The van der Waals surface area contributed by atoms with E-state index in [1.165, 1.54) is 0 Å². The molecule has 1 saturated heterocycles. The van der Waals surface area contributed by atoms with Gasteiger partial charge in [0.25, 0.3) is 0 Å². The first-order valence-electron chi connectivity index (χ1n) is 9.46. The van der Waals surface area contributed by atoms with Crippen LogP contribution in [0, 0.1) is 0 Å². The minimum absolute atomic E-state index is 0.272. The molecule has 3 aromatic heterocycles. The molecule has 0 unspecified atom stereocenters. The van der Waals surface area contributed by atoms with Crippen molar-refractivity contribution < 1.29 is 9.47 Å². The molecule has 1 atom stereocenters. The largest absolute Gasteiger partial charge is 0.377 e. The van der Waals surface area contributed by atoms with Crippen molar-refractivity contribution in [3.63, 3.8) is 0 Å². The van der Waals surface area contributed by atoms with Crippen LogP contribution in [0.4, 0.5) is 5.82 Å². The first-order chi connectivity index (χ1) is 13.0. The molecule has 0 saturated carbocycles. The lowest BCUT2D eigenvalue weighted by atomic mass is 9.95. The number of aromatic amines is 1. The number of morpholine rings is 1. The zero-order chi connectivity index (χ0) is 18.6. The molecule has 5 rings (SSSR count). The normalized spacial score (nSPS) is 22.2. The molecular formula is C19H24N6O2. The third-order valence-electron chi connectivity index (χ3n) is 5.52. The Bertz CT molecular complexity index is 978. The predicted molar refractivity (Wildman–Crippen MR) is 101 cm³/mol. The first kappa shape index (κ1) is 16.7. The van der Waals surface area contributed by atoms with Gasteiger partial charge in [0, 0.05) is 24.4 Å². The third-order valence-corrected chi connectivity index (χ3v) is 5.52. The van der Waals surface area contributed by atoms with Crippen LogP contribution < -0.4 is 4.90 Å². The highest BCUT2D eigenvalue weighted by molar-refractivity contribution is 5.86. The number of pyridine rings is 1. The van der Waals surface area contributed by atoms with Gasteiger partial charge in [-0.05, 0) is 32.4 Å². The summed E-state index contributed by atoms with van der Waals surface area (Å²) in [6.07, 6.45) is 2.50. The fourth-order valence-corrected chi connectivity index (χ4v) is 4.05. The molecule has 3 aromatic rings. The van der Waals surface area contributed by atoms with E-state index in [0.717, 1.165) is 46.9 Å². The number of nitrogens with zero attached hydrogens (tertiary/aromatic N) is 5. The molecule has 1 fully saturated rings. The Labute approximate surface area is 157 Å². The Hall–Kier alpha value is -2.45. The highest BCUT2D eigenvalue weighted by Gasteiger charge is 2.33. The van der Waals surface area contributed by atoms with E-state index < -0.39 is 5.60 Å². The molecule has 0 bridgehead atoms. The summed E-state index contributed by atoms with van der Waals surface area (Å²) in [5.41, 5.74) is 2.60. The lowest BCUT2D eigenvalue weighted by Gasteiger charge is -2.35. The summed E-state index contributed by atoms with van der Waals surface area (Å²) in [6, 6.07) is 4.36. The highest BCUT2D eigenvalue weighted by atomic mass is 16.5. The Balaban J connectivity index is 1.79. The molecule has 8 nitrogen and oxygen atoms in total. The molecular weight excluding hydrogens is 344 g/mol. The van der Waals surface area contributed by atoms with E-state index >= 15 is 0 Å². The molecule has 8 heteroatoms. The third kappa shape index (κ3) is 2.62. The van der Waals surface area contributed by atoms with Gasteiger partial charge in [0.15, 0.2) is 11.5 Å². The van der Waals surface area contributed by atoms with Crippen LogP contribution in [0.25, 0.3) is 16.9 Å². The van der Waals surface area contributed by atoms with Gasteiger partial charge >= 0.3 is 0 Å². The molecule has 142 valence electrons. The molecule has 0 spiro atoms. The molecule has 2 aliphatic rings. The van der Waals surface area contributed by atoms with Gasteiger partial charge in [-0.15, -0.1) is 0 Å². The summed E-state index contributed by atoms with van der Waals surface area (Å²) in [5, 5.41) is 13.0. The predicted octanol–water partition coefficient (Wildman–Crippen LogP) is 2.18. The van der Waals surface area contributed by atoms with Crippen molar-refractivity contribution in [3.8, 4) is 5.82 Å². The zero-order valence-electron chi connectivity index (χ0n) is 15.9. The topological polar surface area (TPSA) is 81.1 Å². The van der Waals surface area contributed by atoms with Crippen molar-refractivity contribution in [1.29, 1.82) is 0 Å². The number of nitrogens with one attached hydrogen (secondary N) is 1. The van der Waals surface area contributed by atoms with Crippen molar-refractivity contribution in [2.24, 2.45) is 0 Å². The summed E-state index contributed by atoms with van der Waals surface area (Å²) < 4.78 is 13.7. The number of hydrogen-bond donors (Lipinski definition) is 1. The summed E-state index contributed by atoms with van der Waals surface area (Å²) in [5.74, 6) is 1.76. The van der Waals surface area contributed by atoms with Gasteiger partial charge in [-0.25, -0.2) is 4.98 Å². The standard InChI is InChI=1S/C19H24N6O2/c1-12-11-26-9-7-24(12)16-10-13-17-14(5-8-27-19(13,2)3)23-25(18(17)21-16)15-4-6-20-22-15/h4,6,10,12H,5,7-9,11H2,1-3H3,(H,20,22)/t12-/m1/s1. The Morgan fingerprint density at radius 3 is 2.96 bits per heavy atom. The van der Waals surface area contributed by atoms with Crippen molar-refractivity contribution >= 4 is 16.9 Å². The van der Waals surface area contributed by atoms with Gasteiger partial charge < -0.3 is 14.4 Å². The summed E-state index contributed by atoms with van der Waals surface area (Å²) in [7, 11) is 0. The van der Waals surface area contributed by atoms with Crippen LogP contribution in [0.1, 0.15) is 32.0 Å². The average Bonchev–Trinajstić information content (AvgIpc) is 3.26. The monoisotopic (exact) mass is 368 g/mol. The van der Waals surface area contributed by atoms with Gasteiger partial charge in [-0.3, -0.25) is 5.10 Å². The van der Waals surface area contributed by atoms with Crippen molar-refractivity contribution in [1.82, 2.24) is 25.0 Å². The maximum absolute atomic E-state index is 6.18. The number of anilines is 1. The molecule has 2 aliphatic heterocycles. The maximum Gasteiger partial charge on any atom is 0.167 e. The van der Waals surface area contributed by atoms with E-state index in [9.17, 15) is 0 Å². The van der Waals surface area contributed by atoms with E-state index in [2.05, 4.69) is 41.9 Å². The maximum atomic E-state index is 6.18. The van der Waals surface area contributed by atoms with Gasteiger partial charge in [0.2, 0.25) is 0 Å². The first-order valence-corrected chi connectivity index (χ1v) is 9.46. The van der Waals surface area contributed by atoms with Crippen LogP contribution in [0.15, 0.2) is 18.3 Å². The number of ether oxygens (including phenoxy) is 2. The van der Waals surface area contributed by atoms with Crippen LogP contribution in [-0.2, 0) is 21.5 Å². The van der Waals surface area contributed by atoms with Crippen LogP contribution in [0.3, 0.4) is 0 Å². The van der Waals surface area contributed by atoms with Gasteiger partial charge in [0.1, 0.15) is 5.82 Å². The molecule has 27 heavy (non-hydrogen) atoms. The van der Waals surface area contributed by atoms with E-state index in [0.29, 0.717) is 19.8 Å². The Morgan fingerprint density at radius 1 is 1.30 bits per heavy atom. The van der Waals surface area contributed by atoms with Gasteiger partial charge in [-0.2, -0.15) is 14.9 Å². The second-order valence-electron chi connectivity index (χ2n) is 7.75. The van der Waals surface area contributed by atoms with E-state index in [-0.39, 0.29) is 6.04 Å². The Kier molecular flexibility index (Phi) is 3.73. The average molecular weight is 368 g/mol. The second-order valence-corrected chi connectivity index (χ2v) is 7.75. The molecule has 5 heterocycles. The van der Waals surface area contributed by atoms with E-state index in [1.54, 1.807) is 6.20 Å². The van der Waals surface area contributed by atoms with Crippen LogP contribution in [-0.4, -0.2) is 57.4 Å². The molecule has 0 aromatic carbocycles.